The monoisotopic (exact) mass is 542 g/mol. The molecular formula is C29H29F3N2O5. The molecule has 7 nitrogen and oxygen atoms in total. The Kier molecular flexibility index (Phi) is 10.5. The number of alkyl halides is 3. The maximum Gasteiger partial charge on any atom is 0.416 e. The molecule has 1 amide bonds. The fraction of sp³-hybridized carbons (Fsp3) is 0.276. The number of carbonyl (C=O) groups excluding carboxylic acids is 2. The van der Waals surface area contributed by atoms with Crippen molar-refractivity contribution >= 4 is 17.6 Å². The molecule has 0 fully saturated rings. The number of hydrogen-bond donors (Lipinski definition) is 1. The molecule has 0 atom stereocenters. The van der Waals surface area contributed by atoms with Crippen LogP contribution in [0.3, 0.4) is 0 Å². The molecule has 3 aromatic rings. The summed E-state index contributed by atoms with van der Waals surface area (Å²) in [4.78, 5) is 28.9. The van der Waals surface area contributed by atoms with Crippen molar-refractivity contribution in [1.82, 2.24) is 5.32 Å². The van der Waals surface area contributed by atoms with Crippen molar-refractivity contribution in [2.75, 3.05) is 19.8 Å². The van der Waals surface area contributed by atoms with Gasteiger partial charge in [0.15, 0.2) is 6.61 Å². The van der Waals surface area contributed by atoms with Crippen LogP contribution in [0, 0.1) is 6.92 Å². The number of nitrogens with one attached hydrogen (secondary N) is 1. The van der Waals surface area contributed by atoms with Crippen molar-refractivity contribution in [2.45, 2.75) is 33.1 Å². The molecule has 0 bridgehead atoms. The van der Waals surface area contributed by atoms with Crippen LogP contribution in [-0.4, -0.2) is 37.3 Å². The van der Waals surface area contributed by atoms with Gasteiger partial charge in [-0.25, -0.2) is 0 Å². The lowest BCUT2D eigenvalue weighted by Gasteiger charge is -2.13. The minimum atomic E-state index is -4.40. The summed E-state index contributed by atoms with van der Waals surface area (Å²) in [5.74, 6) is -0.513. The third-order valence-corrected chi connectivity index (χ3v) is 5.50. The van der Waals surface area contributed by atoms with E-state index in [1.54, 1.807) is 19.1 Å². The van der Waals surface area contributed by atoms with Gasteiger partial charge in [0.1, 0.15) is 18.9 Å². The van der Waals surface area contributed by atoms with E-state index in [1.807, 2.05) is 43.3 Å². The second kappa shape index (κ2) is 14.0. The molecule has 10 heteroatoms. The molecule has 3 rings (SSSR count). The molecule has 0 unspecified atom stereocenters. The Morgan fingerprint density at radius 2 is 1.67 bits per heavy atom. The second-order valence-electron chi connectivity index (χ2n) is 8.52. The van der Waals surface area contributed by atoms with Gasteiger partial charge >= 0.3 is 12.1 Å². The molecule has 206 valence electrons. The third kappa shape index (κ3) is 9.48. The first-order valence-electron chi connectivity index (χ1n) is 12.2. The van der Waals surface area contributed by atoms with E-state index in [4.69, 9.17) is 14.3 Å². The number of oxime groups is 1. The number of benzene rings is 3. The summed E-state index contributed by atoms with van der Waals surface area (Å²) in [5, 5.41) is 6.73. The average molecular weight is 543 g/mol. The Balaban J connectivity index is 1.69. The van der Waals surface area contributed by atoms with Crippen LogP contribution in [0.15, 0.2) is 78.0 Å². The molecule has 0 radical (unpaired) electrons. The van der Waals surface area contributed by atoms with Crippen molar-refractivity contribution in [3.63, 3.8) is 0 Å². The Morgan fingerprint density at radius 3 is 2.31 bits per heavy atom. The molecule has 0 heterocycles. The Labute approximate surface area is 224 Å². The smallest absolute Gasteiger partial charge is 0.416 e. The topological polar surface area (TPSA) is 86.2 Å². The van der Waals surface area contributed by atoms with Crippen LogP contribution in [0.5, 0.6) is 5.75 Å². The highest BCUT2D eigenvalue weighted by Gasteiger charge is 2.29. The molecule has 0 aliphatic heterocycles. The quantitative estimate of drug-likeness (QED) is 0.192. The van der Waals surface area contributed by atoms with Crippen LogP contribution < -0.4 is 10.1 Å². The van der Waals surface area contributed by atoms with E-state index < -0.39 is 23.6 Å². The summed E-state index contributed by atoms with van der Waals surface area (Å²) in [7, 11) is 0. The summed E-state index contributed by atoms with van der Waals surface area (Å²) in [6.45, 7) is 3.21. The number of amides is 1. The minimum absolute atomic E-state index is 0.00247. The lowest BCUT2D eigenvalue weighted by molar-refractivity contribution is -0.143. The Hall–Kier alpha value is -4.34. The maximum atomic E-state index is 12.8. The molecule has 1 N–H and O–H groups in total. The highest BCUT2D eigenvalue weighted by molar-refractivity contribution is 6.01. The van der Waals surface area contributed by atoms with Gasteiger partial charge in [0.25, 0.3) is 5.91 Å². The van der Waals surface area contributed by atoms with E-state index in [0.29, 0.717) is 23.4 Å². The standard InChI is InChI=1S/C29H29F3N2O5/c1-3-37-28(36)17-33-27(35)19-38-26-14-11-23(15-20(26)2)25(16-21-7-5-4-6-8-21)34-39-18-22-9-12-24(13-10-22)29(30,31)32/h4-15H,3,16-19H2,1-2H3,(H,33,35). The fourth-order valence-electron chi connectivity index (χ4n) is 3.52. The van der Waals surface area contributed by atoms with Crippen molar-refractivity contribution in [2.24, 2.45) is 5.16 Å². The van der Waals surface area contributed by atoms with Crippen molar-refractivity contribution in [1.29, 1.82) is 0 Å². The number of nitrogens with zero attached hydrogens (tertiary/aromatic N) is 1. The molecule has 0 spiro atoms. The third-order valence-electron chi connectivity index (χ3n) is 5.50. The normalized spacial score (nSPS) is 11.6. The first-order valence-corrected chi connectivity index (χ1v) is 12.2. The predicted octanol–water partition coefficient (Wildman–Crippen LogP) is 5.24. The lowest BCUT2D eigenvalue weighted by Crippen LogP contribution is -2.34. The largest absolute Gasteiger partial charge is 0.484 e. The summed E-state index contributed by atoms with van der Waals surface area (Å²) in [5.41, 5.74) is 2.92. The zero-order valence-electron chi connectivity index (χ0n) is 21.6. The van der Waals surface area contributed by atoms with Crippen LogP contribution in [-0.2, 0) is 38.4 Å². The molecule has 3 aromatic carbocycles. The minimum Gasteiger partial charge on any atom is -0.484 e. The Bertz CT molecular complexity index is 1280. The SMILES string of the molecule is CCOC(=O)CNC(=O)COc1ccc(C(Cc2ccccc2)=NOCc2ccc(C(F)(F)F)cc2)cc1C. The summed E-state index contributed by atoms with van der Waals surface area (Å²) >= 11 is 0. The van der Waals surface area contributed by atoms with Crippen molar-refractivity contribution in [3.05, 3.63) is 101 Å². The zero-order valence-corrected chi connectivity index (χ0v) is 21.6. The van der Waals surface area contributed by atoms with Gasteiger partial charge in [-0.2, -0.15) is 13.2 Å². The second-order valence-corrected chi connectivity index (χ2v) is 8.52. The van der Waals surface area contributed by atoms with Crippen LogP contribution in [0.25, 0.3) is 0 Å². The van der Waals surface area contributed by atoms with E-state index in [1.165, 1.54) is 12.1 Å². The molecule has 0 aliphatic carbocycles. The van der Waals surface area contributed by atoms with E-state index in [2.05, 4.69) is 10.5 Å². The van der Waals surface area contributed by atoms with Crippen LogP contribution >= 0.6 is 0 Å². The van der Waals surface area contributed by atoms with Crippen LogP contribution in [0.1, 0.15) is 34.7 Å². The number of ether oxygens (including phenoxy) is 2. The van der Waals surface area contributed by atoms with Crippen LogP contribution in [0.2, 0.25) is 0 Å². The number of hydrogen-bond acceptors (Lipinski definition) is 6. The molecular weight excluding hydrogens is 513 g/mol. The van der Waals surface area contributed by atoms with E-state index >= 15 is 0 Å². The molecule has 0 saturated carbocycles. The lowest BCUT2D eigenvalue weighted by atomic mass is 10.0. The van der Waals surface area contributed by atoms with Gasteiger partial charge in [0.2, 0.25) is 0 Å². The number of esters is 1. The van der Waals surface area contributed by atoms with Crippen molar-refractivity contribution < 1.29 is 37.1 Å². The van der Waals surface area contributed by atoms with E-state index in [0.717, 1.165) is 28.8 Å². The molecule has 0 aromatic heterocycles. The first-order chi connectivity index (χ1) is 18.7. The van der Waals surface area contributed by atoms with Gasteiger partial charge in [-0.05, 0) is 60.9 Å². The predicted molar refractivity (Wildman–Crippen MR) is 139 cm³/mol. The van der Waals surface area contributed by atoms with E-state index in [9.17, 15) is 22.8 Å². The fourth-order valence-corrected chi connectivity index (χ4v) is 3.52. The number of carbonyl (C=O) groups is 2. The van der Waals surface area contributed by atoms with Gasteiger partial charge in [-0.1, -0.05) is 47.6 Å². The summed E-state index contributed by atoms with van der Waals surface area (Å²) < 4.78 is 48.8. The first kappa shape index (κ1) is 29.2. The van der Waals surface area contributed by atoms with Crippen molar-refractivity contribution in [3.8, 4) is 5.75 Å². The average Bonchev–Trinajstić information content (AvgIpc) is 2.91. The molecule has 0 saturated heterocycles. The van der Waals surface area contributed by atoms with E-state index in [-0.39, 0.29) is 26.4 Å². The maximum absolute atomic E-state index is 12.8. The van der Waals surface area contributed by atoms with Gasteiger partial charge in [-0.3, -0.25) is 9.59 Å². The van der Waals surface area contributed by atoms with Gasteiger partial charge < -0.3 is 19.6 Å². The molecule has 39 heavy (non-hydrogen) atoms. The highest BCUT2D eigenvalue weighted by Crippen LogP contribution is 2.29. The van der Waals surface area contributed by atoms with Gasteiger partial charge in [-0.15, -0.1) is 0 Å². The van der Waals surface area contributed by atoms with Gasteiger partial charge in [0.05, 0.1) is 17.9 Å². The number of halogens is 3. The van der Waals surface area contributed by atoms with Crippen LogP contribution in [0.4, 0.5) is 13.2 Å². The Morgan fingerprint density at radius 1 is 0.949 bits per heavy atom. The highest BCUT2D eigenvalue weighted by atomic mass is 19.4. The summed E-state index contributed by atoms with van der Waals surface area (Å²) in [6, 6.07) is 19.7. The molecule has 0 aliphatic rings. The zero-order chi connectivity index (χ0) is 28.3. The summed E-state index contributed by atoms with van der Waals surface area (Å²) in [6.07, 6.45) is -3.95. The number of aryl methyl sites for hydroxylation is 1. The number of rotatable bonds is 12. The van der Waals surface area contributed by atoms with Gasteiger partial charge in [0, 0.05) is 12.0 Å².